The summed E-state index contributed by atoms with van der Waals surface area (Å²) in [6, 6.07) is 8.78. The molecule has 0 saturated carbocycles. The van der Waals surface area contributed by atoms with E-state index in [9.17, 15) is 9.59 Å². The summed E-state index contributed by atoms with van der Waals surface area (Å²) >= 11 is 6.29. The van der Waals surface area contributed by atoms with Gasteiger partial charge in [-0.1, -0.05) is 30.7 Å². The zero-order valence-electron chi connectivity index (χ0n) is 17.5. The topological polar surface area (TPSA) is 67.9 Å². The third-order valence-electron chi connectivity index (χ3n) is 4.53. The number of hydrogen-bond acceptors (Lipinski definition) is 4. The van der Waals surface area contributed by atoms with Crippen molar-refractivity contribution >= 4 is 29.1 Å². The first-order valence-electron chi connectivity index (χ1n) is 9.40. The van der Waals surface area contributed by atoms with Crippen molar-refractivity contribution < 1.29 is 19.1 Å². The maximum absolute atomic E-state index is 12.8. The van der Waals surface area contributed by atoms with E-state index in [1.165, 1.54) is 18.1 Å². The molecule has 6 nitrogen and oxygen atoms in total. The van der Waals surface area contributed by atoms with Crippen molar-refractivity contribution in [3.8, 4) is 11.5 Å². The van der Waals surface area contributed by atoms with Gasteiger partial charge in [0.15, 0.2) is 11.5 Å². The van der Waals surface area contributed by atoms with Crippen LogP contribution in [-0.2, 0) is 4.79 Å². The van der Waals surface area contributed by atoms with Gasteiger partial charge in [0, 0.05) is 18.3 Å². The fraction of sp³-hybridized carbons (Fsp3) is 0.364. The fourth-order valence-corrected chi connectivity index (χ4v) is 3.04. The molecule has 0 atom stereocenters. The summed E-state index contributed by atoms with van der Waals surface area (Å²) in [7, 11) is 3.05. The Kier molecular flexibility index (Phi) is 7.91. The SMILES string of the molecule is CCCOc1c(Cl)cc(C(=O)N(C)CC(=O)Nc2cccc(C)c2C)cc1OC. The number of carbonyl (C=O) groups excluding carboxylic acids is 2. The summed E-state index contributed by atoms with van der Waals surface area (Å²) in [6.07, 6.45) is 0.818. The number of anilines is 1. The van der Waals surface area contributed by atoms with Gasteiger partial charge in [0.25, 0.3) is 5.91 Å². The summed E-state index contributed by atoms with van der Waals surface area (Å²) in [5.74, 6) is 0.157. The predicted molar refractivity (Wildman–Crippen MR) is 115 cm³/mol. The minimum absolute atomic E-state index is 0.0970. The smallest absolute Gasteiger partial charge is 0.254 e. The highest BCUT2D eigenvalue weighted by Crippen LogP contribution is 2.36. The third kappa shape index (κ3) is 5.64. The number of hydrogen-bond donors (Lipinski definition) is 1. The molecule has 0 bridgehead atoms. The van der Waals surface area contributed by atoms with Gasteiger partial charge in [0.05, 0.1) is 25.3 Å². The average molecular weight is 419 g/mol. The van der Waals surface area contributed by atoms with E-state index in [2.05, 4.69) is 5.32 Å². The molecule has 0 spiro atoms. The van der Waals surface area contributed by atoms with Crippen LogP contribution in [-0.4, -0.2) is 44.0 Å². The second-order valence-electron chi connectivity index (χ2n) is 6.79. The summed E-state index contributed by atoms with van der Waals surface area (Å²) in [5.41, 5.74) is 3.13. The summed E-state index contributed by atoms with van der Waals surface area (Å²) in [5, 5.41) is 3.14. The lowest BCUT2D eigenvalue weighted by molar-refractivity contribution is -0.116. The number of amides is 2. The lowest BCUT2D eigenvalue weighted by Gasteiger charge is -2.19. The summed E-state index contributed by atoms with van der Waals surface area (Å²) in [6.45, 7) is 6.29. The van der Waals surface area contributed by atoms with E-state index in [1.807, 2.05) is 39.0 Å². The van der Waals surface area contributed by atoms with Crippen LogP contribution in [0, 0.1) is 13.8 Å². The van der Waals surface area contributed by atoms with Crippen LogP contribution in [0.4, 0.5) is 5.69 Å². The van der Waals surface area contributed by atoms with Crippen molar-refractivity contribution in [2.45, 2.75) is 27.2 Å². The third-order valence-corrected chi connectivity index (χ3v) is 4.81. The van der Waals surface area contributed by atoms with Crippen LogP contribution >= 0.6 is 11.6 Å². The Labute approximate surface area is 176 Å². The minimum Gasteiger partial charge on any atom is -0.493 e. The van der Waals surface area contributed by atoms with E-state index in [-0.39, 0.29) is 23.4 Å². The first-order valence-corrected chi connectivity index (χ1v) is 9.78. The van der Waals surface area contributed by atoms with Gasteiger partial charge in [-0.2, -0.15) is 0 Å². The molecule has 2 amide bonds. The molecule has 0 aliphatic heterocycles. The van der Waals surface area contributed by atoms with Crippen LogP contribution in [0.2, 0.25) is 5.02 Å². The summed E-state index contributed by atoms with van der Waals surface area (Å²) < 4.78 is 10.9. The molecule has 0 heterocycles. The Morgan fingerprint density at radius 1 is 1.21 bits per heavy atom. The van der Waals surface area contributed by atoms with Crippen LogP contribution in [0.25, 0.3) is 0 Å². The first kappa shape index (κ1) is 22.6. The Bertz CT molecular complexity index is 899. The van der Waals surface area contributed by atoms with Gasteiger partial charge >= 0.3 is 0 Å². The fourth-order valence-electron chi connectivity index (χ4n) is 2.77. The van der Waals surface area contributed by atoms with Crippen LogP contribution in [0.5, 0.6) is 11.5 Å². The van der Waals surface area contributed by atoms with E-state index in [0.29, 0.717) is 23.7 Å². The lowest BCUT2D eigenvalue weighted by atomic mass is 10.1. The largest absolute Gasteiger partial charge is 0.493 e. The van der Waals surface area contributed by atoms with Crippen molar-refractivity contribution in [3.63, 3.8) is 0 Å². The summed E-state index contributed by atoms with van der Waals surface area (Å²) in [4.78, 5) is 26.5. The van der Waals surface area contributed by atoms with Crippen molar-refractivity contribution in [3.05, 3.63) is 52.0 Å². The normalized spacial score (nSPS) is 10.4. The Hall–Kier alpha value is -2.73. The maximum Gasteiger partial charge on any atom is 0.254 e. The second kappa shape index (κ2) is 10.2. The molecule has 2 aromatic carbocycles. The van der Waals surface area contributed by atoms with Gasteiger partial charge < -0.3 is 19.7 Å². The molecule has 2 rings (SSSR count). The van der Waals surface area contributed by atoms with Crippen LogP contribution in [0.15, 0.2) is 30.3 Å². The predicted octanol–water partition coefficient (Wildman–Crippen LogP) is 4.46. The van der Waals surface area contributed by atoms with Crippen LogP contribution in [0.1, 0.15) is 34.8 Å². The molecule has 2 aromatic rings. The first-order chi connectivity index (χ1) is 13.8. The number of benzene rings is 2. The Balaban J connectivity index is 2.12. The highest BCUT2D eigenvalue weighted by molar-refractivity contribution is 6.32. The van der Waals surface area contributed by atoms with Crippen LogP contribution in [0.3, 0.4) is 0 Å². The number of carbonyl (C=O) groups is 2. The van der Waals surface area contributed by atoms with Crippen molar-refractivity contribution in [1.82, 2.24) is 4.90 Å². The number of halogens is 1. The highest BCUT2D eigenvalue weighted by atomic mass is 35.5. The van der Waals surface area contributed by atoms with E-state index in [0.717, 1.165) is 23.2 Å². The van der Waals surface area contributed by atoms with Crippen molar-refractivity contribution in [2.75, 3.05) is 32.6 Å². The van der Waals surface area contributed by atoms with E-state index >= 15 is 0 Å². The second-order valence-corrected chi connectivity index (χ2v) is 7.20. The molecule has 0 radical (unpaired) electrons. The highest BCUT2D eigenvalue weighted by Gasteiger charge is 2.20. The number of rotatable bonds is 8. The molecule has 29 heavy (non-hydrogen) atoms. The zero-order chi connectivity index (χ0) is 21.6. The van der Waals surface area contributed by atoms with Gasteiger partial charge in [0.1, 0.15) is 0 Å². The standard InChI is InChI=1S/C22H27ClN2O4/c1-6-10-29-21-17(23)11-16(12-19(21)28-5)22(27)25(4)13-20(26)24-18-9-7-8-14(2)15(18)3/h7-9,11-12H,6,10,13H2,1-5H3,(H,24,26). The van der Waals surface area contributed by atoms with E-state index < -0.39 is 0 Å². The molecule has 7 heteroatoms. The number of ether oxygens (including phenoxy) is 2. The number of nitrogens with one attached hydrogen (secondary N) is 1. The van der Waals surface area contributed by atoms with E-state index in [4.69, 9.17) is 21.1 Å². The molecule has 0 fully saturated rings. The lowest BCUT2D eigenvalue weighted by Crippen LogP contribution is -2.35. The zero-order valence-corrected chi connectivity index (χ0v) is 18.2. The number of methoxy groups -OCH3 is 1. The molecule has 0 unspecified atom stereocenters. The van der Waals surface area contributed by atoms with Crippen molar-refractivity contribution in [1.29, 1.82) is 0 Å². The van der Waals surface area contributed by atoms with E-state index in [1.54, 1.807) is 13.1 Å². The molecule has 1 N–H and O–H groups in total. The number of aryl methyl sites for hydroxylation is 1. The molecular weight excluding hydrogens is 392 g/mol. The number of likely N-dealkylation sites (N-methyl/N-ethyl adjacent to an activating group) is 1. The van der Waals surface area contributed by atoms with Gasteiger partial charge in [-0.25, -0.2) is 0 Å². The molecule has 0 aliphatic carbocycles. The molecule has 0 saturated heterocycles. The monoisotopic (exact) mass is 418 g/mol. The molecule has 156 valence electrons. The van der Waals surface area contributed by atoms with Gasteiger partial charge in [-0.05, 0) is 49.6 Å². The van der Waals surface area contributed by atoms with Gasteiger partial charge in [0.2, 0.25) is 5.91 Å². The number of nitrogens with zero attached hydrogens (tertiary/aromatic N) is 1. The van der Waals surface area contributed by atoms with Crippen molar-refractivity contribution in [2.24, 2.45) is 0 Å². The van der Waals surface area contributed by atoms with Gasteiger partial charge in [-0.15, -0.1) is 0 Å². The Morgan fingerprint density at radius 2 is 1.93 bits per heavy atom. The Morgan fingerprint density at radius 3 is 2.59 bits per heavy atom. The average Bonchev–Trinajstić information content (AvgIpc) is 2.69. The van der Waals surface area contributed by atoms with Crippen LogP contribution < -0.4 is 14.8 Å². The molecular formula is C22H27ClN2O4. The minimum atomic E-state index is -0.344. The maximum atomic E-state index is 12.8. The van der Waals surface area contributed by atoms with Gasteiger partial charge in [-0.3, -0.25) is 9.59 Å². The molecule has 0 aromatic heterocycles. The molecule has 0 aliphatic rings. The quantitative estimate of drug-likeness (QED) is 0.687.